The van der Waals surface area contributed by atoms with Crippen LogP contribution in [0.2, 0.25) is 0 Å². The number of nitrogens with one attached hydrogen (secondary N) is 2. The van der Waals surface area contributed by atoms with Crippen molar-refractivity contribution in [3.8, 4) is 0 Å². The van der Waals surface area contributed by atoms with Crippen molar-refractivity contribution in [1.29, 1.82) is 0 Å². The topological polar surface area (TPSA) is 41.1 Å². The lowest BCUT2D eigenvalue weighted by atomic mass is 10.3. The predicted octanol–water partition coefficient (Wildman–Crippen LogP) is 4.26. The van der Waals surface area contributed by atoms with Crippen molar-refractivity contribution in [3.63, 3.8) is 0 Å². The van der Waals surface area contributed by atoms with Crippen LogP contribution in [-0.4, -0.2) is 12.5 Å². The summed E-state index contributed by atoms with van der Waals surface area (Å²) in [5, 5.41) is 5.88. The third-order valence-electron chi connectivity index (χ3n) is 2.43. The summed E-state index contributed by atoms with van der Waals surface area (Å²) in [6.45, 7) is 0.234. The highest BCUT2D eigenvalue weighted by atomic mass is 79.9. The van der Waals surface area contributed by atoms with E-state index in [0.717, 1.165) is 20.3 Å². The second-order valence-electron chi connectivity index (χ2n) is 3.92. The van der Waals surface area contributed by atoms with E-state index in [-0.39, 0.29) is 12.5 Å². The third-order valence-corrected chi connectivity index (χ3v) is 3.48. The van der Waals surface area contributed by atoms with Gasteiger partial charge < -0.3 is 10.6 Å². The first kappa shape index (κ1) is 14.1. The molecule has 0 fully saturated rings. The van der Waals surface area contributed by atoms with Gasteiger partial charge in [0.1, 0.15) is 0 Å². The first-order valence-electron chi connectivity index (χ1n) is 5.68. The van der Waals surface area contributed by atoms with Crippen molar-refractivity contribution in [1.82, 2.24) is 0 Å². The molecule has 2 aromatic rings. The minimum atomic E-state index is -0.0785. The molecular weight excluding hydrogens is 372 g/mol. The maximum atomic E-state index is 11.7. The standard InChI is InChI=1S/C14H12Br2N2O/c15-10-1-5-12(6-2-10)17-9-14(19)18-13-7-3-11(16)4-8-13/h1-8,17H,9H2,(H,18,19). The summed E-state index contributed by atoms with van der Waals surface area (Å²) >= 11 is 6.71. The van der Waals surface area contributed by atoms with Gasteiger partial charge in [-0.25, -0.2) is 0 Å². The predicted molar refractivity (Wildman–Crippen MR) is 85.4 cm³/mol. The van der Waals surface area contributed by atoms with Gasteiger partial charge in [-0.2, -0.15) is 0 Å². The van der Waals surface area contributed by atoms with Crippen molar-refractivity contribution in [2.75, 3.05) is 17.2 Å². The maximum Gasteiger partial charge on any atom is 0.243 e. The van der Waals surface area contributed by atoms with Crippen LogP contribution in [0.25, 0.3) is 0 Å². The van der Waals surface area contributed by atoms with E-state index in [1.54, 1.807) is 0 Å². The Morgan fingerprint density at radius 1 is 0.842 bits per heavy atom. The number of hydrogen-bond acceptors (Lipinski definition) is 2. The summed E-state index contributed by atoms with van der Waals surface area (Å²) in [4.78, 5) is 11.7. The van der Waals surface area contributed by atoms with Crippen molar-refractivity contribution in [2.24, 2.45) is 0 Å². The number of benzene rings is 2. The Morgan fingerprint density at radius 2 is 1.32 bits per heavy atom. The van der Waals surface area contributed by atoms with Crippen molar-refractivity contribution in [3.05, 3.63) is 57.5 Å². The molecule has 0 spiro atoms. The lowest BCUT2D eigenvalue weighted by Crippen LogP contribution is -2.21. The molecule has 5 heteroatoms. The number of carbonyl (C=O) groups excluding carboxylic acids is 1. The molecule has 0 heterocycles. The molecule has 2 rings (SSSR count). The molecule has 0 atom stereocenters. The van der Waals surface area contributed by atoms with Crippen LogP contribution in [0.15, 0.2) is 57.5 Å². The first-order chi connectivity index (χ1) is 9.13. The highest BCUT2D eigenvalue weighted by Gasteiger charge is 2.02. The van der Waals surface area contributed by atoms with Crippen LogP contribution >= 0.6 is 31.9 Å². The van der Waals surface area contributed by atoms with Gasteiger partial charge in [0.15, 0.2) is 0 Å². The Kier molecular flexibility index (Phi) is 4.99. The van der Waals surface area contributed by atoms with Crippen molar-refractivity contribution < 1.29 is 4.79 Å². The van der Waals surface area contributed by atoms with Gasteiger partial charge in [0.25, 0.3) is 0 Å². The average Bonchev–Trinajstić information content (AvgIpc) is 2.41. The van der Waals surface area contributed by atoms with Crippen molar-refractivity contribution >= 4 is 49.1 Å². The highest BCUT2D eigenvalue weighted by Crippen LogP contribution is 2.15. The quantitative estimate of drug-likeness (QED) is 0.827. The molecule has 19 heavy (non-hydrogen) atoms. The molecule has 0 aliphatic heterocycles. The molecule has 0 saturated heterocycles. The molecule has 0 aromatic heterocycles. The van der Waals surface area contributed by atoms with Gasteiger partial charge in [0, 0.05) is 20.3 Å². The Balaban J connectivity index is 1.84. The van der Waals surface area contributed by atoms with Crippen LogP contribution in [0.5, 0.6) is 0 Å². The van der Waals surface area contributed by atoms with Gasteiger partial charge >= 0.3 is 0 Å². The zero-order valence-electron chi connectivity index (χ0n) is 9.99. The van der Waals surface area contributed by atoms with Gasteiger partial charge in [-0.1, -0.05) is 31.9 Å². The number of amides is 1. The van der Waals surface area contributed by atoms with E-state index in [1.807, 2.05) is 48.5 Å². The summed E-state index contributed by atoms with van der Waals surface area (Å²) in [6, 6.07) is 15.1. The SMILES string of the molecule is O=C(CNc1ccc(Br)cc1)Nc1ccc(Br)cc1. The fraction of sp³-hybridized carbons (Fsp3) is 0.0714. The van der Waals surface area contributed by atoms with Gasteiger partial charge in [-0.3, -0.25) is 4.79 Å². The number of hydrogen-bond donors (Lipinski definition) is 2. The zero-order chi connectivity index (χ0) is 13.7. The van der Waals surface area contributed by atoms with E-state index in [0.29, 0.717) is 0 Å². The molecule has 3 nitrogen and oxygen atoms in total. The van der Waals surface area contributed by atoms with E-state index in [2.05, 4.69) is 42.5 Å². The first-order valence-corrected chi connectivity index (χ1v) is 7.27. The lowest BCUT2D eigenvalue weighted by molar-refractivity contribution is -0.114. The van der Waals surface area contributed by atoms with Gasteiger partial charge in [0.05, 0.1) is 6.54 Å². The van der Waals surface area contributed by atoms with E-state index >= 15 is 0 Å². The Labute approximate surface area is 128 Å². The minimum Gasteiger partial charge on any atom is -0.376 e. The summed E-state index contributed by atoms with van der Waals surface area (Å²) in [5.41, 5.74) is 1.69. The maximum absolute atomic E-state index is 11.7. The number of halogens is 2. The molecule has 2 aromatic carbocycles. The van der Waals surface area contributed by atoms with Crippen LogP contribution < -0.4 is 10.6 Å². The molecule has 0 radical (unpaired) electrons. The fourth-order valence-corrected chi connectivity index (χ4v) is 2.02. The molecule has 0 saturated carbocycles. The van der Waals surface area contributed by atoms with Gasteiger partial charge in [-0.15, -0.1) is 0 Å². The van der Waals surface area contributed by atoms with Crippen LogP contribution in [-0.2, 0) is 4.79 Å². The van der Waals surface area contributed by atoms with Crippen LogP contribution in [0.3, 0.4) is 0 Å². The fourth-order valence-electron chi connectivity index (χ4n) is 1.49. The molecule has 0 aliphatic rings. The summed E-state index contributed by atoms with van der Waals surface area (Å²) in [6.07, 6.45) is 0. The molecule has 0 bridgehead atoms. The smallest absolute Gasteiger partial charge is 0.243 e. The molecule has 0 unspecified atom stereocenters. The van der Waals surface area contributed by atoms with E-state index in [4.69, 9.17) is 0 Å². The molecule has 2 N–H and O–H groups in total. The summed E-state index contributed by atoms with van der Waals surface area (Å²) < 4.78 is 2.00. The Hall–Kier alpha value is -1.33. The third kappa shape index (κ3) is 4.69. The monoisotopic (exact) mass is 382 g/mol. The zero-order valence-corrected chi connectivity index (χ0v) is 13.2. The molecular formula is C14H12Br2N2O. The van der Waals surface area contributed by atoms with Gasteiger partial charge in [-0.05, 0) is 48.5 Å². The van der Waals surface area contributed by atoms with E-state index in [1.165, 1.54) is 0 Å². The lowest BCUT2D eigenvalue weighted by Gasteiger charge is -2.08. The summed E-state index contributed by atoms with van der Waals surface area (Å²) in [7, 11) is 0. The normalized spacial score (nSPS) is 10.0. The van der Waals surface area contributed by atoms with Crippen molar-refractivity contribution in [2.45, 2.75) is 0 Å². The van der Waals surface area contributed by atoms with Crippen LogP contribution in [0, 0.1) is 0 Å². The Bertz CT molecular complexity index is 553. The van der Waals surface area contributed by atoms with Gasteiger partial charge in [0.2, 0.25) is 5.91 Å². The van der Waals surface area contributed by atoms with E-state index in [9.17, 15) is 4.79 Å². The van der Waals surface area contributed by atoms with Crippen LogP contribution in [0.4, 0.5) is 11.4 Å². The van der Waals surface area contributed by atoms with E-state index < -0.39 is 0 Å². The molecule has 98 valence electrons. The summed E-state index contributed by atoms with van der Waals surface area (Å²) in [5.74, 6) is -0.0785. The highest BCUT2D eigenvalue weighted by molar-refractivity contribution is 9.10. The Morgan fingerprint density at radius 3 is 1.84 bits per heavy atom. The number of rotatable bonds is 4. The molecule has 1 amide bonds. The number of carbonyl (C=O) groups is 1. The molecule has 0 aliphatic carbocycles. The number of anilines is 2. The average molecular weight is 384 g/mol. The minimum absolute atomic E-state index is 0.0785. The second kappa shape index (κ2) is 6.73. The largest absolute Gasteiger partial charge is 0.376 e. The second-order valence-corrected chi connectivity index (χ2v) is 5.75. The van der Waals surface area contributed by atoms with Crippen LogP contribution in [0.1, 0.15) is 0 Å².